The average Bonchev–Trinajstić information content (AvgIpc) is 3.23. The topological polar surface area (TPSA) is 70.2 Å². The lowest BCUT2D eigenvalue weighted by molar-refractivity contribution is 0.225. The molecule has 1 aliphatic heterocycles. The highest BCUT2D eigenvalue weighted by molar-refractivity contribution is 5.89. The Morgan fingerprint density at radius 3 is 2.64 bits per heavy atom. The Morgan fingerprint density at radius 1 is 1.18 bits per heavy atom. The van der Waals surface area contributed by atoms with Crippen molar-refractivity contribution in [2.75, 3.05) is 19.0 Å². The van der Waals surface area contributed by atoms with Crippen LogP contribution in [0.4, 0.5) is 10.6 Å². The lowest BCUT2D eigenvalue weighted by Gasteiger charge is -2.26. The minimum Gasteiger partial charge on any atom is -0.497 e. The van der Waals surface area contributed by atoms with Gasteiger partial charge in [0.1, 0.15) is 5.75 Å². The molecule has 2 aromatic carbocycles. The second-order valence-electron chi connectivity index (χ2n) is 6.67. The van der Waals surface area contributed by atoms with E-state index in [2.05, 4.69) is 33.7 Å². The number of benzene rings is 2. The highest BCUT2D eigenvalue weighted by atomic mass is 16.5. The minimum atomic E-state index is -0.185. The number of nitrogens with zero attached hydrogens (tertiary/aromatic N) is 2. The number of urea groups is 1. The molecule has 142 valence electrons. The summed E-state index contributed by atoms with van der Waals surface area (Å²) in [5, 5.41) is 10.00. The highest BCUT2D eigenvalue weighted by Crippen LogP contribution is 2.26. The molecule has 2 N–H and O–H groups in total. The minimum absolute atomic E-state index is 0.185. The predicted molar refractivity (Wildman–Crippen MR) is 109 cm³/mol. The maximum atomic E-state index is 12.5. The molecule has 6 nitrogen and oxygen atoms in total. The van der Waals surface area contributed by atoms with Crippen molar-refractivity contribution < 1.29 is 9.53 Å². The molecular weight excluding hydrogens is 352 g/mol. The van der Waals surface area contributed by atoms with Gasteiger partial charge in [-0.25, -0.2) is 4.79 Å². The molecular formula is C22H22N4O2. The van der Waals surface area contributed by atoms with Crippen LogP contribution in [0, 0.1) is 0 Å². The van der Waals surface area contributed by atoms with Crippen molar-refractivity contribution >= 4 is 11.8 Å². The van der Waals surface area contributed by atoms with E-state index in [1.165, 1.54) is 5.56 Å². The van der Waals surface area contributed by atoms with Gasteiger partial charge >= 0.3 is 6.03 Å². The summed E-state index contributed by atoms with van der Waals surface area (Å²) in [6.45, 7) is 0.664. The van der Waals surface area contributed by atoms with Gasteiger partial charge in [0.2, 0.25) is 0 Å². The second kappa shape index (κ2) is 8.00. The van der Waals surface area contributed by atoms with E-state index in [1.807, 2.05) is 54.7 Å². The molecule has 3 aromatic rings. The molecule has 2 amide bonds. The summed E-state index contributed by atoms with van der Waals surface area (Å²) >= 11 is 0. The number of hydrogen-bond acceptors (Lipinski definition) is 3. The van der Waals surface area contributed by atoms with E-state index in [0.29, 0.717) is 18.3 Å². The third-order valence-electron chi connectivity index (χ3n) is 4.88. The molecule has 28 heavy (non-hydrogen) atoms. The third kappa shape index (κ3) is 3.91. The molecule has 0 bridgehead atoms. The van der Waals surface area contributed by atoms with Gasteiger partial charge in [0.25, 0.3) is 0 Å². The Labute approximate surface area is 163 Å². The highest BCUT2D eigenvalue weighted by Gasteiger charge is 2.20. The zero-order valence-corrected chi connectivity index (χ0v) is 15.6. The Balaban J connectivity index is 1.38. The van der Waals surface area contributed by atoms with Gasteiger partial charge in [-0.2, -0.15) is 5.10 Å². The van der Waals surface area contributed by atoms with Crippen LogP contribution in [0.1, 0.15) is 17.9 Å². The van der Waals surface area contributed by atoms with E-state index in [-0.39, 0.29) is 6.03 Å². The summed E-state index contributed by atoms with van der Waals surface area (Å²) in [7, 11) is 1.63. The Morgan fingerprint density at radius 2 is 1.96 bits per heavy atom. The largest absolute Gasteiger partial charge is 0.497 e. The smallest absolute Gasteiger partial charge is 0.327 e. The molecule has 4 rings (SSSR count). The van der Waals surface area contributed by atoms with Crippen molar-refractivity contribution in [3.8, 4) is 17.0 Å². The lowest BCUT2D eigenvalue weighted by Crippen LogP contribution is -2.34. The number of aromatic nitrogens is 2. The van der Waals surface area contributed by atoms with Crippen molar-refractivity contribution in [1.82, 2.24) is 15.1 Å². The predicted octanol–water partition coefficient (Wildman–Crippen LogP) is 4.62. The van der Waals surface area contributed by atoms with Crippen molar-refractivity contribution in [1.29, 1.82) is 0 Å². The van der Waals surface area contributed by atoms with Crippen LogP contribution in [0.15, 0.2) is 72.9 Å². The quantitative estimate of drug-likeness (QED) is 0.700. The lowest BCUT2D eigenvalue weighted by atomic mass is 9.94. The fourth-order valence-electron chi connectivity index (χ4n) is 3.29. The molecule has 1 atom stereocenters. The standard InChI is InChI=1S/C22H22N4O2/c1-28-19-9-7-18(8-10-19)20-15-21(25-24-20)23-22(27)26-13-11-17(12-14-26)16-5-3-2-4-6-16/h2-11,13,15,17H,12,14H2,1H3,(H2,23,24,25,27). The van der Waals surface area contributed by atoms with Gasteiger partial charge < -0.3 is 9.64 Å². The third-order valence-corrected chi connectivity index (χ3v) is 4.88. The summed E-state index contributed by atoms with van der Waals surface area (Å²) in [6, 6.07) is 19.6. The number of ether oxygens (including phenoxy) is 1. The van der Waals surface area contributed by atoms with Crippen LogP contribution in [-0.2, 0) is 0 Å². The molecule has 0 spiro atoms. The molecule has 2 heterocycles. The van der Waals surface area contributed by atoms with Gasteiger partial charge in [-0.3, -0.25) is 10.4 Å². The maximum Gasteiger partial charge on any atom is 0.327 e. The first-order chi connectivity index (χ1) is 13.7. The van der Waals surface area contributed by atoms with Gasteiger partial charge in [0.15, 0.2) is 5.82 Å². The summed E-state index contributed by atoms with van der Waals surface area (Å²) in [5.41, 5.74) is 3.07. The second-order valence-corrected chi connectivity index (χ2v) is 6.67. The SMILES string of the molecule is COc1ccc(-c2cc(NC(=O)N3C=CC(c4ccccc4)CC3)n[nH]2)cc1. The normalized spacial score (nSPS) is 16.0. The number of anilines is 1. The summed E-state index contributed by atoms with van der Waals surface area (Å²) in [6.07, 6.45) is 4.82. The van der Waals surface area contributed by atoms with Crippen LogP contribution >= 0.6 is 0 Å². The van der Waals surface area contributed by atoms with E-state index in [4.69, 9.17) is 4.74 Å². The first kappa shape index (κ1) is 17.9. The van der Waals surface area contributed by atoms with E-state index in [9.17, 15) is 4.79 Å². The van der Waals surface area contributed by atoms with E-state index >= 15 is 0 Å². The molecule has 0 radical (unpaired) electrons. The fourth-order valence-corrected chi connectivity index (χ4v) is 3.29. The van der Waals surface area contributed by atoms with Gasteiger partial charge in [-0.1, -0.05) is 36.4 Å². The number of aromatic amines is 1. The van der Waals surface area contributed by atoms with Gasteiger partial charge in [0, 0.05) is 24.7 Å². The number of methoxy groups -OCH3 is 1. The zero-order valence-electron chi connectivity index (χ0n) is 15.6. The van der Waals surface area contributed by atoms with Gasteiger partial charge in [-0.15, -0.1) is 0 Å². The molecule has 0 fully saturated rings. The number of H-pyrrole nitrogens is 1. The van der Waals surface area contributed by atoms with Crippen LogP contribution in [0.3, 0.4) is 0 Å². The van der Waals surface area contributed by atoms with Crippen LogP contribution in [0.2, 0.25) is 0 Å². The van der Waals surface area contributed by atoms with Crippen LogP contribution < -0.4 is 10.1 Å². The van der Waals surface area contributed by atoms with Crippen LogP contribution in [0.5, 0.6) is 5.75 Å². The van der Waals surface area contributed by atoms with E-state index < -0.39 is 0 Å². The number of nitrogens with one attached hydrogen (secondary N) is 2. The molecule has 0 saturated heterocycles. The van der Waals surface area contributed by atoms with Gasteiger partial charge in [0.05, 0.1) is 12.8 Å². The number of allylic oxidation sites excluding steroid dienone is 1. The molecule has 1 aromatic heterocycles. The number of rotatable bonds is 4. The van der Waals surface area contributed by atoms with E-state index in [1.54, 1.807) is 12.0 Å². The molecule has 6 heteroatoms. The van der Waals surface area contributed by atoms with Crippen molar-refractivity contribution in [3.63, 3.8) is 0 Å². The van der Waals surface area contributed by atoms with Crippen molar-refractivity contribution in [2.24, 2.45) is 0 Å². The van der Waals surface area contributed by atoms with Gasteiger partial charge in [-0.05, 0) is 41.8 Å². The summed E-state index contributed by atoms with van der Waals surface area (Å²) in [5.74, 6) is 1.63. The summed E-state index contributed by atoms with van der Waals surface area (Å²) < 4.78 is 5.17. The van der Waals surface area contributed by atoms with E-state index in [0.717, 1.165) is 23.4 Å². The summed E-state index contributed by atoms with van der Waals surface area (Å²) in [4.78, 5) is 14.2. The molecule has 1 aliphatic rings. The monoisotopic (exact) mass is 374 g/mol. The van der Waals surface area contributed by atoms with Crippen molar-refractivity contribution in [3.05, 3.63) is 78.5 Å². The van der Waals surface area contributed by atoms with Crippen LogP contribution in [0.25, 0.3) is 11.3 Å². The Bertz CT molecular complexity index is 964. The maximum absolute atomic E-state index is 12.5. The number of hydrogen-bond donors (Lipinski definition) is 2. The molecule has 0 saturated carbocycles. The molecule has 1 unspecified atom stereocenters. The number of carbonyl (C=O) groups excluding carboxylic acids is 1. The fraction of sp³-hybridized carbons (Fsp3) is 0.182. The first-order valence-electron chi connectivity index (χ1n) is 9.23. The Kier molecular flexibility index (Phi) is 5.10. The number of carbonyl (C=O) groups is 1. The van der Waals surface area contributed by atoms with Crippen molar-refractivity contribution in [2.45, 2.75) is 12.3 Å². The first-order valence-corrected chi connectivity index (χ1v) is 9.23. The zero-order chi connectivity index (χ0) is 19.3. The average molecular weight is 374 g/mol. The Hall–Kier alpha value is -3.54. The number of amides is 2. The molecule has 0 aliphatic carbocycles. The van der Waals surface area contributed by atoms with Crippen LogP contribution in [-0.4, -0.2) is 34.8 Å².